The summed E-state index contributed by atoms with van der Waals surface area (Å²) in [6.45, 7) is 3.32. The molecule has 0 aliphatic carbocycles. The molecule has 0 unspecified atom stereocenters. The van der Waals surface area contributed by atoms with E-state index in [1.165, 1.54) is 0 Å². The van der Waals surface area contributed by atoms with Crippen LogP contribution in [0.25, 0.3) is 0 Å². The van der Waals surface area contributed by atoms with Crippen LogP contribution in [0.3, 0.4) is 0 Å². The van der Waals surface area contributed by atoms with Crippen molar-refractivity contribution in [2.75, 3.05) is 7.11 Å². The maximum absolute atomic E-state index is 11.6. The molecule has 0 bridgehead atoms. The van der Waals surface area contributed by atoms with Crippen molar-refractivity contribution in [3.63, 3.8) is 0 Å². The summed E-state index contributed by atoms with van der Waals surface area (Å²) in [7, 11) is -2.92. The summed E-state index contributed by atoms with van der Waals surface area (Å²) in [6.07, 6.45) is -1.81. The fourth-order valence-corrected chi connectivity index (χ4v) is 3.20. The number of ether oxygens (including phenoxy) is 2. The van der Waals surface area contributed by atoms with Crippen LogP contribution in [-0.2, 0) is 24.0 Å². The number of nitrogens with one attached hydrogen (secondary N) is 1. The summed E-state index contributed by atoms with van der Waals surface area (Å²) in [5, 5.41) is 0.714. The van der Waals surface area contributed by atoms with Crippen molar-refractivity contribution in [1.29, 1.82) is 0 Å². The summed E-state index contributed by atoms with van der Waals surface area (Å²) < 4.78 is 41.1. The van der Waals surface area contributed by atoms with E-state index in [0.717, 1.165) is 7.11 Å². The van der Waals surface area contributed by atoms with Crippen LogP contribution >= 0.6 is 23.2 Å². The zero-order valence-electron chi connectivity index (χ0n) is 11.6. The van der Waals surface area contributed by atoms with Gasteiger partial charge in [-0.3, -0.25) is 4.18 Å². The molecule has 21 heavy (non-hydrogen) atoms. The third-order valence-corrected chi connectivity index (χ3v) is 4.48. The standard InChI is InChI=1S/C12H15Cl2NO5S/c1-12(2)19-10(9-7(13)5-4-6-8(9)14)11(20-12)15-21(16,17)18-3/h4-6,10-11,15H,1-3H3/t10-,11-/m1/s1. The number of rotatable bonds is 4. The summed E-state index contributed by atoms with van der Waals surface area (Å²) in [4.78, 5) is 0. The van der Waals surface area contributed by atoms with Gasteiger partial charge in [0.15, 0.2) is 12.0 Å². The first-order chi connectivity index (χ1) is 9.65. The number of hydrogen-bond donors (Lipinski definition) is 1. The van der Waals surface area contributed by atoms with Crippen LogP contribution in [0.1, 0.15) is 25.5 Å². The van der Waals surface area contributed by atoms with Gasteiger partial charge in [-0.2, -0.15) is 13.1 Å². The second-order valence-corrected chi connectivity index (χ2v) is 7.14. The molecule has 0 aromatic heterocycles. The van der Waals surface area contributed by atoms with Crippen molar-refractivity contribution < 1.29 is 22.1 Å². The number of halogens is 2. The molecule has 1 aromatic rings. The van der Waals surface area contributed by atoms with Crippen LogP contribution in [0.5, 0.6) is 0 Å². The van der Waals surface area contributed by atoms with Gasteiger partial charge in [-0.05, 0) is 26.0 Å². The van der Waals surface area contributed by atoms with Crippen LogP contribution in [0.4, 0.5) is 0 Å². The molecule has 1 N–H and O–H groups in total. The maximum Gasteiger partial charge on any atom is 0.337 e. The third kappa shape index (κ3) is 3.87. The van der Waals surface area contributed by atoms with Crippen LogP contribution < -0.4 is 4.72 Å². The highest BCUT2D eigenvalue weighted by atomic mass is 35.5. The summed E-state index contributed by atoms with van der Waals surface area (Å²) in [5.41, 5.74) is 0.454. The predicted molar refractivity (Wildman–Crippen MR) is 78.3 cm³/mol. The fourth-order valence-electron chi connectivity index (χ4n) is 2.03. The van der Waals surface area contributed by atoms with Gasteiger partial charge in [-0.1, -0.05) is 29.3 Å². The van der Waals surface area contributed by atoms with Gasteiger partial charge in [0.05, 0.1) is 7.11 Å². The molecular formula is C12H15Cl2NO5S. The second-order valence-electron chi connectivity index (χ2n) is 4.85. The quantitative estimate of drug-likeness (QED) is 0.898. The van der Waals surface area contributed by atoms with Gasteiger partial charge in [0.2, 0.25) is 0 Å². The molecule has 2 atom stereocenters. The first-order valence-corrected chi connectivity index (χ1v) is 8.19. The fraction of sp³-hybridized carbons (Fsp3) is 0.500. The Balaban J connectivity index is 2.40. The number of benzene rings is 1. The van der Waals surface area contributed by atoms with E-state index < -0.39 is 28.4 Å². The van der Waals surface area contributed by atoms with Crippen molar-refractivity contribution in [3.05, 3.63) is 33.8 Å². The van der Waals surface area contributed by atoms with E-state index in [9.17, 15) is 8.42 Å². The van der Waals surface area contributed by atoms with E-state index in [1.54, 1.807) is 32.0 Å². The Morgan fingerprint density at radius 2 is 1.81 bits per heavy atom. The van der Waals surface area contributed by atoms with Gasteiger partial charge < -0.3 is 9.47 Å². The summed E-state index contributed by atoms with van der Waals surface area (Å²) >= 11 is 12.3. The smallest absolute Gasteiger partial charge is 0.337 e. The zero-order chi connectivity index (χ0) is 15.8. The van der Waals surface area contributed by atoms with E-state index in [0.29, 0.717) is 15.6 Å². The number of hydrogen-bond acceptors (Lipinski definition) is 5. The van der Waals surface area contributed by atoms with E-state index in [-0.39, 0.29) is 0 Å². The average Bonchev–Trinajstić information content (AvgIpc) is 2.63. The van der Waals surface area contributed by atoms with Crippen molar-refractivity contribution in [1.82, 2.24) is 4.72 Å². The normalized spacial score (nSPS) is 25.2. The summed E-state index contributed by atoms with van der Waals surface area (Å²) in [6, 6.07) is 4.96. The molecule has 1 aliphatic rings. The molecule has 0 radical (unpaired) electrons. The molecule has 1 fully saturated rings. The Morgan fingerprint density at radius 3 is 2.33 bits per heavy atom. The lowest BCUT2D eigenvalue weighted by atomic mass is 10.1. The Bertz CT molecular complexity index is 614. The van der Waals surface area contributed by atoms with Crippen molar-refractivity contribution in [3.8, 4) is 0 Å². The van der Waals surface area contributed by atoms with Gasteiger partial charge in [0.25, 0.3) is 0 Å². The van der Waals surface area contributed by atoms with Crippen LogP contribution in [-0.4, -0.2) is 27.5 Å². The highest BCUT2D eigenvalue weighted by Gasteiger charge is 2.45. The molecular weight excluding hydrogens is 341 g/mol. The Labute approximate surface area is 133 Å². The molecule has 0 saturated carbocycles. The first-order valence-electron chi connectivity index (χ1n) is 6.02. The minimum atomic E-state index is -3.96. The lowest BCUT2D eigenvalue weighted by molar-refractivity contribution is -0.147. The van der Waals surface area contributed by atoms with Gasteiger partial charge in [0.1, 0.15) is 6.10 Å². The van der Waals surface area contributed by atoms with Crippen molar-refractivity contribution >= 4 is 33.5 Å². The third-order valence-electron chi connectivity index (χ3n) is 2.86. The van der Waals surface area contributed by atoms with Crippen molar-refractivity contribution in [2.45, 2.75) is 32.0 Å². The van der Waals surface area contributed by atoms with Gasteiger partial charge in [0, 0.05) is 15.6 Å². The van der Waals surface area contributed by atoms with Crippen LogP contribution in [0, 0.1) is 0 Å². The predicted octanol–water partition coefficient (Wildman–Crippen LogP) is 2.62. The molecule has 0 spiro atoms. The molecule has 6 nitrogen and oxygen atoms in total. The Hall–Kier alpha value is -0.410. The highest BCUT2D eigenvalue weighted by Crippen LogP contribution is 2.42. The molecule has 1 aromatic carbocycles. The van der Waals surface area contributed by atoms with Crippen LogP contribution in [0.15, 0.2) is 18.2 Å². The largest absolute Gasteiger partial charge is 0.338 e. The monoisotopic (exact) mass is 355 g/mol. The highest BCUT2D eigenvalue weighted by molar-refractivity contribution is 7.84. The van der Waals surface area contributed by atoms with Crippen LogP contribution in [0.2, 0.25) is 10.0 Å². The Morgan fingerprint density at radius 1 is 1.24 bits per heavy atom. The molecule has 1 aliphatic heterocycles. The molecule has 9 heteroatoms. The SMILES string of the molecule is COS(=O)(=O)N[C@@H]1OC(C)(C)O[C@@H]1c1c(Cl)cccc1Cl. The summed E-state index contributed by atoms with van der Waals surface area (Å²) in [5.74, 6) is -1.01. The van der Waals surface area contributed by atoms with E-state index in [1.807, 2.05) is 0 Å². The van der Waals surface area contributed by atoms with E-state index >= 15 is 0 Å². The minimum absolute atomic E-state index is 0.357. The van der Waals surface area contributed by atoms with Gasteiger partial charge >= 0.3 is 10.3 Å². The molecule has 0 amide bonds. The van der Waals surface area contributed by atoms with E-state index in [2.05, 4.69) is 8.91 Å². The molecule has 118 valence electrons. The van der Waals surface area contributed by atoms with Crippen molar-refractivity contribution in [2.24, 2.45) is 0 Å². The lowest BCUT2D eigenvalue weighted by Gasteiger charge is -2.19. The Kier molecular flexibility index (Phi) is 4.84. The average molecular weight is 356 g/mol. The minimum Gasteiger partial charge on any atom is -0.338 e. The molecule has 1 saturated heterocycles. The van der Waals surface area contributed by atoms with Gasteiger partial charge in [-0.15, -0.1) is 0 Å². The van der Waals surface area contributed by atoms with E-state index in [4.69, 9.17) is 32.7 Å². The topological polar surface area (TPSA) is 73.9 Å². The second kappa shape index (κ2) is 6.00. The molecule has 1 heterocycles. The van der Waals surface area contributed by atoms with Gasteiger partial charge in [-0.25, -0.2) is 0 Å². The maximum atomic E-state index is 11.6. The lowest BCUT2D eigenvalue weighted by Crippen LogP contribution is -2.39. The zero-order valence-corrected chi connectivity index (χ0v) is 13.9. The first kappa shape index (κ1) is 17.0. The molecule has 2 rings (SSSR count).